The van der Waals surface area contributed by atoms with Crippen LogP contribution in [0.3, 0.4) is 0 Å². The first-order chi connectivity index (χ1) is 12.0. The molecule has 0 saturated carbocycles. The highest BCUT2D eigenvalue weighted by atomic mass is 16.2. The van der Waals surface area contributed by atoms with Crippen LogP contribution >= 0.6 is 0 Å². The van der Waals surface area contributed by atoms with Gasteiger partial charge in [-0.2, -0.15) is 0 Å². The third-order valence-corrected chi connectivity index (χ3v) is 5.93. The molecule has 0 bridgehead atoms. The Morgan fingerprint density at radius 3 is 2.76 bits per heavy atom. The Morgan fingerprint density at radius 1 is 1.20 bits per heavy atom. The average molecular weight is 338 g/mol. The first kappa shape index (κ1) is 16.3. The first-order valence-corrected chi connectivity index (χ1v) is 9.02. The molecular weight excluding hydrogens is 312 g/mol. The van der Waals surface area contributed by atoms with Gasteiger partial charge in [0.15, 0.2) is 0 Å². The van der Waals surface area contributed by atoms with Crippen molar-refractivity contribution in [2.24, 2.45) is 12.5 Å². The maximum atomic E-state index is 12.7. The second-order valence-corrected chi connectivity index (χ2v) is 7.84. The van der Waals surface area contributed by atoms with Gasteiger partial charge in [0, 0.05) is 50.1 Å². The van der Waals surface area contributed by atoms with Crippen LogP contribution in [-0.2, 0) is 18.4 Å². The second-order valence-electron chi connectivity index (χ2n) is 7.84. The number of benzene rings is 1. The van der Waals surface area contributed by atoms with Crippen molar-refractivity contribution in [1.29, 1.82) is 0 Å². The Labute approximate surface area is 149 Å². The van der Waals surface area contributed by atoms with E-state index in [9.17, 15) is 4.79 Å². The van der Waals surface area contributed by atoms with Crippen molar-refractivity contribution in [1.82, 2.24) is 14.5 Å². The summed E-state index contributed by atoms with van der Waals surface area (Å²) in [6, 6.07) is 6.34. The molecule has 0 radical (unpaired) electrons. The van der Waals surface area contributed by atoms with Gasteiger partial charge >= 0.3 is 0 Å². The van der Waals surface area contributed by atoms with Crippen LogP contribution < -0.4 is 4.90 Å². The second kappa shape index (κ2) is 5.99. The van der Waals surface area contributed by atoms with Crippen LogP contribution in [-0.4, -0.2) is 40.0 Å². The Morgan fingerprint density at radius 2 is 2.04 bits per heavy atom. The summed E-state index contributed by atoms with van der Waals surface area (Å²) >= 11 is 0. The van der Waals surface area contributed by atoms with E-state index in [1.54, 1.807) is 0 Å². The fourth-order valence-corrected chi connectivity index (χ4v) is 4.21. The molecule has 5 heteroatoms. The van der Waals surface area contributed by atoms with E-state index in [4.69, 9.17) is 0 Å². The highest BCUT2D eigenvalue weighted by Gasteiger charge is 2.47. The molecule has 132 valence electrons. The van der Waals surface area contributed by atoms with Crippen molar-refractivity contribution in [3.63, 3.8) is 0 Å². The molecule has 2 aliphatic rings. The number of amides is 1. The van der Waals surface area contributed by atoms with Crippen molar-refractivity contribution >= 4 is 11.6 Å². The summed E-state index contributed by atoms with van der Waals surface area (Å²) in [5.41, 5.74) is 3.66. The number of hydrogen-bond donors (Lipinski definition) is 0. The molecule has 1 unspecified atom stereocenters. The van der Waals surface area contributed by atoms with E-state index in [0.717, 1.165) is 44.1 Å². The SMILES string of the molecule is Cc1ccc(N2CC3(CCN(Cc4nccn4C)C3)CC2=O)cc1C. The summed E-state index contributed by atoms with van der Waals surface area (Å²) in [6.07, 6.45) is 5.59. The molecule has 2 fully saturated rings. The summed E-state index contributed by atoms with van der Waals surface area (Å²) in [5.74, 6) is 1.36. The van der Waals surface area contributed by atoms with Crippen LogP contribution in [0, 0.1) is 19.3 Å². The number of anilines is 1. The van der Waals surface area contributed by atoms with Crippen LogP contribution in [0.25, 0.3) is 0 Å². The van der Waals surface area contributed by atoms with Gasteiger partial charge in [-0.05, 0) is 50.1 Å². The number of imidazole rings is 1. The van der Waals surface area contributed by atoms with Crippen LogP contribution in [0.15, 0.2) is 30.6 Å². The molecule has 1 aromatic heterocycles. The Hall–Kier alpha value is -2.14. The number of nitrogens with zero attached hydrogens (tertiary/aromatic N) is 4. The van der Waals surface area contributed by atoms with Gasteiger partial charge in [-0.15, -0.1) is 0 Å². The minimum atomic E-state index is 0.0983. The van der Waals surface area contributed by atoms with E-state index in [1.165, 1.54) is 11.1 Å². The van der Waals surface area contributed by atoms with Crippen LogP contribution in [0.5, 0.6) is 0 Å². The van der Waals surface area contributed by atoms with Gasteiger partial charge < -0.3 is 9.47 Å². The minimum absolute atomic E-state index is 0.0983. The molecule has 1 atom stereocenters. The van der Waals surface area contributed by atoms with Crippen molar-refractivity contribution in [3.8, 4) is 0 Å². The lowest BCUT2D eigenvalue weighted by atomic mass is 9.86. The average Bonchev–Trinajstić information content (AvgIpc) is 3.24. The lowest BCUT2D eigenvalue weighted by Gasteiger charge is -2.24. The largest absolute Gasteiger partial charge is 0.337 e. The van der Waals surface area contributed by atoms with E-state index in [1.807, 2.05) is 24.3 Å². The van der Waals surface area contributed by atoms with E-state index in [-0.39, 0.29) is 11.3 Å². The molecule has 0 aliphatic carbocycles. The molecule has 2 aromatic rings. The summed E-state index contributed by atoms with van der Waals surface area (Å²) in [5, 5.41) is 0. The number of carbonyl (C=O) groups is 1. The predicted molar refractivity (Wildman–Crippen MR) is 98.4 cm³/mol. The number of hydrogen-bond acceptors (Lipinski definition) is 3. The summed E-state index contributed by atoms with van der Waals surface area (Å²) in [4.78, 5) is 21.6. The van der Waals surface area contributed by atoms with E-state index >= 15 is 0 Å². The fraction of sp³-hybridized carbons (Fsp3) is 0.500. The highest BCUT2D eigenvalue weighted by molar-refractivity contribution is 5.96. The monoisotopic (exact) mass is 338 g/mol. The Balaban J connectivity index is 1.48. The number of rotatable bonds is 3. The zero-order valence-electron chi connectivity index (χ0n) is 15.3. The molecule has 3 heterocycles. The quantitative estimate of drug-likeness (QED) is 0.864. The Bertz CT molecular complexity index is 812. The summed E-state index contributed by atoms with van der Waals surface area (Å²) in [6.45, 7) is 7.94. The van der Waals surface area contributed by atoms with Gasteiger partial charge in [-0.1, -0.05) is 6.07 Å². The van der Waals surface area contributed by atoms with Crippen molar-refractivity contribution in [3.05, 3.63) is 47.5 Å². The van der Waals surface area contributed by atoms with E-state index in [0.29, 0.717) is 6.42 Å². The normalized spacial score (nSPS) is 24.0. The van der Waals surface area contributed by atoms with E-state index in [2.05, 4.69) is 46.5 Å². The molecule has 1 amide bonds. The van der Waals surface area contributed by atoms with E-state index < -0.39 is 0 Å². The number of likely N-dealkylation sites (tertiary alicyclic amines) is 1. The van der Waals surface area contributed by atoms with Gasteiger partial charge in [0.05, 0.1) is 6.54 Å². The van der Waals surface area contributed by atoms with Crippen molar-refractivity contribution in [2.45, 2.75) is 33.2 Å². The van der Waals surface area contributed by atoms with Gasteiger partial charge in [-0.25, -0.2) is 4.98 Å². The lowest BCUT2D eigenvalue weighted by molar-refractivity contribution is -0.117. The topological polar surface area (TPSA) is 41.4 Å². The summed E-state index contributed by atoms with van der Waals surface area (Å²) in [7, 11) is 2.04. The predicted octanol–water partition coefficient (Wildman–Crippen LogP) is 2.67. The molecule has 4 rings (SSSR count). The zero-order chi connectivity index (χ0) is 17.6. The maximum Gasteiger partial charge on any atom is 0.227 e. The molecule has 0 N–H and O–H groups in total. The maximum absolute atomic E-state index is 12.7. The van der Waals surface area contributed by atoms with Crippen LogP contribution in [0.2, 0.25) is 0 Å². The third-order valence-electron chi connectivity index (χ3n) is 5.93. The molecule has 2 saturated heterocycles. The van der Waals surface area contributed by atoms with Crippen molar-refractivity contribution in [2.75, 3.05) is 24.5 Å². The standard InChI is InChI=1S/C20H26N4O/c1-15-4-5-17(10-16(15)2)24-14-20(11-19(24)25)6-8-23(13-20)12-18-21-7-9-22(18)3/h4-5,7,9-10H,6,8,11-14H2,1-3H3. The van der Waals surface area contributed by atoms with Crippen LogP contribution in [0.4, 0.5) is 5.69 Å². The molecule has 1 spiro atoms. The molecule has 5 nitrogen and oxygen atoms in total. The van der Waals surface area contributed by atoms with Crippen LogP contribution in [0.1, 0.15) is 29.8 Å². The number of carbonyl (C=O) groups excluding carboxylic acids is 1. The van der Waals surface area contributed by atoms with Gasteiger partial charge in [-0.3, -0.25) is 9.69 Å². The van der Waals surface area contributed by atoms with Crippen molar-refractivity contribution < 1.29 is 4.79 Å². The van der Waals surface area contributed by atoms with Gasteiger partial charge in [0.2, 0.25) is 5.91 Å². The summed E-state index contributed by atoms with van der Waals surface area (Å²) < 4.78 is 2.08. The van der Waals surface area contributed by atoms with Gasteiger partial charge in [0.25, 0.3) is 0 Å². The molecule has 2 aliphatic heterocycles. The smallest absolute Gasteiger partial charge is 0.227 e. The third kappa shape index (κ3) is 2.97. The van der Waals surface area contributed by atoms with Gasteiger partial charge in [0.1, 0.15) is 5.82 Å². The lowest BCUT2D eigenvalue weighted by Crippen LogP contribution is -2.31. The number of aromatic nitrogens is 2. The molecular formula is C20H26N4O. The Kier molecular flexibility index (Phi) is 3.91. The fourth-order valence-electron chi connectivity index (χ4n) is 4.21. The molecule has 1 aromatic carbocycles. The highest BCUT2D eigenvalue weighted by Crippen LogP contribution is 2.42. The molecule has 25 heavy (non-hydrogen) atoms. The zero-order valence-corrected chi connectivity index (χ0v) is 15.3. The number of aryl methyl sites for hydroxylation is 3. The minimum Gasteiger partial charge on any atom is -0.337 e. The first-order valence-electron chi connectivity index (χ1n) is 9.02.